The normalized spacial score (nSPS) is 11.5. The summed E-state index contributed by atoms with van der Waals surface area (Å²) in [5.74, 6) is -0.145. The van der Waals surface area contributed by atoms with Crippen LogP contribution >= 0.6 is 27.3 Å². The van der Waals surface area contributed by atoms with E-state index < -0.39 is 11.7 Å². The number of unbranched alkanes of at least 4 members (excludes halogenated alkanes) is 2. The molecule has 0 aliphatic heterocycles. The van der Waals surface area contributed by atoms with Gasteiger partial charge in [-0.2, -0.15) is 13.2 Å². The maximum Gasteiger partial charge on any atom is 0.420 e. The van der Waals surface area contributed by atoms with Crippen molar-refractivity contribution in [1.29, 1.82) is 0 Å². The highest BCUT2D eigenvalue weighted by Gasteiger charge is 2.34. The van der Waals surface area contributed by atoms with E-state index in [1.165, 1.54) is 17.4 Å². The Hall–Kier alpha value is -2.06. The third-order valence-electron chi connectivity index (χ3n) is 4.19. The maximum atomic E-state index is 13.5. The van der Waals surface area contributed by atoms with Crippen LogP contribution in [-0.2, 0) is 6.18 Å². The molecule has 0 fully saturated rings. The molecule has 0 bridgehead atoms. The number of hydrogen-bond donors (Lipinski definition) is 1. The second-order valence-corrected chi connectivity index (χ2v) is 8.21. The summed E-state index contributed by atoms with van der Waals surface area (Å²) >= 11 is 4.72. The highest BCUT2D eigenvalue weighted by Crippen LogP contribution is 2.39. The smallest absolute Gasteiger partial charge is 0.420 e. The molecule has 1 heterocycles. The van der Waals surface area contributed by atoms with E-state index in [0.29, 0.717) is 10.8 Å². The molecule has 2 aromatic carbocycles. The Kier molecular flexibility index (Phi) is 7.18. The number of hydrogen-bond acceptors (Lipinski definition) is 4. The molecule has 0 aliphatic rings. The van der Waals surface area contributed by atoms with Crippen molar-refractivity contribution in [3.63, 3.8) is 0 Å². The molecule has 1 N–H and O–H groups in total. The number of aromatic nitrogens is 1. The number of benzene rings is 2. The first-order valence-electron chi connectivity index (χ1n) is 9.19. The SMILES string of the molecule is CCCCCOc1ccc(Nc2nc(-c3ccc(Br)cc3)cs2)cc1C(F)(F)F. The average molecular weight is 485 g/mol. The summed E-state index contributed by atoms with van der Waals surface area (Å²) in [5.41, 5.74) is 1.22. The van der Waals surface area contributed by atoms with Crippen LogP contribution in [0, 0.1) is 0 Å². The zero-order valence-corrected chi connectivity index (χ0v) is 18.1. The number of alkyl halides is 3. The monoisotopic (exact) mass is 484 g/mol. The Balaban J connectivity index is 1.76. The van der Waals surface area contributed by atoms with Gasteiger partial charge in [0.15, 0.2) is 5.13 Å². The van der Waals surface area contributed by atoms with Crippen molar-refractivity contribution in [2.45, 2.75) is 32.4 Å². The van der Waals surface area contributed by atoms with Crippen LogP contribution in [-0.4, -0.2) is 11.6 Å². The van der Waals surface area contributed by atoms with Crippen LogP contribution in [0.1, 0.15) is 31.7 Å². The molecule has 0 spiro atoms. The molecule has 0 saturated carbocycles. The van der Waals surface area contributed by atoms with E-state index >= 15 is 0 Å². The Bertz CT molecular complexity index is 942. The van der Waals surface area contributed by atoms with Gasteiger partial charge in [0.1, 0.15) is 5.75 Å². The Morgan fingerprint density at radius 3 is 2.55 bits per heavy atom. The molecule has 8 heteroatoms. The molecule has 0 saturated heterocycles. The molecule has 3 nitrogen and oxygen atoms in total. The minimum absolute atomic E-state index is 0.145. The van der Waals surface area contributed by atoms with Gasteiger partial charge in [0, 0.05) is 21.1 Å². The first-order chi connectivity index (χ1) is 13.9. The van der Waals surface area contributed by atoms with E-state index in [9.17, 15) is 13.2 Å². The molecule has 0 aliphatic carbocycles. The van der Waals surface area contributed by atoms with Crippen molar-refractivity contribution in [3.05, 3.63) is 57.9 Å². The summed E-state index contributed by atoms with van der Waals surface area (Å²) in [5, 5.41) is 5.35. The zero-order chi connectivity index (χ0) is 20.9. The standard InChI is InChI=1S/C21H20BrF3N2OS/c1-2-3-4-11-28-19-10-9-16(12-17(19)21(23,24)25)26-20-27-18(13-29-20)14-5-7-15(22)8-6-14/h5-10,12-13H,2-4,11H2,1H3,(H,26,27). The summed E-state index contributed by atoms with van der Waals surface area (Å²) in [6.07, 6.45) is -1.87. The number of rotatable bonds is 8. The van der Waals surface area contributed by atoms with Crippen molar-refractivity contribution >= 4 is 38.1 Å². The van der Waals surface area contributed by atoms with Crippen molar-refractivity contribution in [3.8, 4) is 17.0 Å². The highest BCUT2D eigenvalue weighted by molar-refractivity contribution is 9.10. The predicted octanol–water partition coefficient (Wildman–Crippen LogP) is 7.90. The number of thiazole rings is 1. The number of nitrogens with zero attached hydrogens (tertiary/aromatic N) is 1. The van der Waals surface area contributed by atoms with Gasteiger partial charge < -0.3 is 10.1 Å². The van der Waals surface area contributed by atoms with Gasteiger partial charge in [0.2, 0.25) is 0 Å². The fourth-order valence-corrected chi connectivity index (χ4v) is 3.70. The average Bonchev–Trinajstić information content (AvgIpc) is 3.14. The number of nitrogens with one attached hydrogen (secondary N) is 1. The largest absolute Gasteiger partial charge is 0.493 e. The lowest BCUT2D eigenvalue weighted by molar-refractivity contribution is -0.138. The van der Waals surface area contributed by atoms with Gasteiger partial charge in [-0.1, -0.05) is 47.8 Å². The van der Waals surface area contributed by atoms with Crippen molar-refractivity contribution in [1.82, 2.24) is 4.98 Å². The van der Waals surface area contributed by atoms with E-state index in [4.69, 9.17) is 4.74 Å². The summed E-state index contributed by atoms with van der Waals surface area (Å²) in [6.45, 7) is 2.30. The molecule has 3 rings (SSSR count). The fourth-order valence-electron chi connectivity index (χ4n) is 2.70. The van der Waals surface area contributed by atoms with Gasteiger partial charge in [-0.15, -0.1) is 11.3 Å². The molecule has 1 aromatic heterocycles. The molecule has 154 valence electrons. The molecule has 0 amide bonds. The van der Waals surface area contributed by atoms with Crippen LogP contribution in [0.5, 0.6) is 5.75 Å². The van der Waals surface area contributed by atoms with E-state index in [1.807, 2.05) is 36.6 Å². The molecule has 0 radical (unpaired) electrons. The van der Waals surface area contributed by atoms with Gasteiger partial charge in [0.25, 0.3) is 0 Å². The zero-order valence-electron chi connectivity index (χ0n) is 15.7. The topological polar surface area (TPSA) is 34.1 Å². The third kappa shape index (κ3) is 5.96. The Morgan fingerprint density at radius 1 is 1.10 bits per heavy atom. The van der Waals surface area contributed by atoms with Crippen LogP contribution in [0.15, 0.2) is 52.3 Å². The van der Waals surface area contributed by atoms with E-state index in [1.54, 1.807) is 6.07 Å². The molecule has 29 heavy (non-hydrogen) atoms. The highest BCUT2D eigenvalue weighted by atomic mass is 79.9. The van der Waals surface area contributed by atoms with Gasteiger partial charge in [-0.05, 0) is 36.8 Å². The van der Waals surface area contributed by atoms with Gasteiger partial charge in [-0.25, -0.2) is 4.98 Å². The lowest BCUT2D eigenvalue weighted by Crippen LogP contribution is -2.10. The first kappa shape index (κ1) is 21.6. The Morgan fingerprint density at radius 2 is 1.86 bits per heavy atom. The summed E-state index contributed by atoms with van der Waals surface area (Å²) < 4.78 is 46.8. The van der Waals surface area contributed by atoms with Gasteiger partial charge >= 0.3 is 6.18 Å². The lowest BCUT2D eigenvalue weighted by atomic mass is 10.1. The van der Waals surface area contributed by atoms with E-state index in [2.05, 4.69) is 26.2 Å². The van der Waals surface area contributed by atoms with Crippen molar-refractivity contribution < 1.29 is 17.9 Å². The summed E-state index contributed by atoms with van der Waals surface area (Å²) in [4.78, 5) is 4.47. The van der Waals surface area contributed by atoms with Crippen LogP contribution in [0.25, 0.3) is 11.3 Å². The molecule has 0 unspecified atom stereocenters. The summed E-state index contributed by atoms with van der Waals surface area (Å²) in [6, 6.07) is 11.7. The van der Waals surface area contributed by atoms with Crippen LogP contribution in [0.2, 0.25) is 0 Å². The third-order valence-corrected chi connectivity index (χ3v) is 5.47. The Labute approximate surface area is 180 Å². The molecule has 3 aromatic rings. The van der Waals surface area contributed by atoms with Crippen LogP contribution in [0.4, 0.5) is 24.0 Å². The second-order valence-electron chi connectivity index (χ2n) is 6.43. The minimum Gasteiger partial charge on any atom is -0.493 e. The van der Waals surface area contributed by atoms with Gasteiger partial charge in [-0.3, -0.25) is 0 Å². The summed E-state index contributed by atoms with van der Waals surface area (Å²) in [7, 11) is 0. The number of halogens is 4. The quantitative estimate of drug-likeness (QED) is 0.329. The van der Waals surface area contributed by atoms with Crippen molar-refractivity contribution in [2.24, 2.45) is 0 Å². The second kappa shape index (κ2) is 9.63. The predicted molar refractivity (Wildman–Crippen MR) is 115 cm³/mol. The molecular weight excluding hydrogens is 465 g/mol. The molecule has 0 atom stereocenters. The molecular formula is C21H20BrF3N2OS. The minimum atomic E-state index is -4.50. The lowest BCUT2D eigenvalue weighted by Gasteiger charge is -2.15. The number of anilines is 2. The van der Waals surface area contributed by atoms with Crippen LogP contribution < -0.4 is 10.1 Å². The maximum absolute atomic E-state index is 13.5. The van der Waals surface area contributed by atoms with Crippen molar-refractivity contribution in [2.75, 3.05) is 11.9 Å². The first-order valence-corrected chi connectivity index (χ1v) is 10.9. The fraction of sp³-hybridized carbons (Fsp3) is 0.286. The van der Waals surface area contributed by atoms with Gasteiger partial charge in [0.05, 0.1) is 17.9 Å². The van der Waals surface area contributed by atoms with E-state index in [0.717, 1.165) is 41.1 Å². The van der Waals surface area contributed by atoms with Crippen LogP contribution in [0.3, 0.4) is 0 Å². The van der Waals surface area contributed by atoms with E-state index in [-0.39, 0.29) is 12.4 Å². The number of ether oxygens (including phenoxy) is 1.